The van der Waals surface area contributed by atoms with E-state index in [0.717, 1.165) is 5.56 Å². The number of carbonyl (C=O) groups is 2. The molecule has 6 nitrogen and oxygen atoms in total. The van der Waals surface area contributed by atoms with Crippen LogP contribution in [0, 0.1) is 5.82 Å². The second-order valence-electron chi connectivity index (χ2n) is 6.61. The molecule has 4 N–H and O–H groups in total. The van der Waals surface area contributed by atoms with Gasteiger partial charge in [0.2, 0.25) is 5.91 Å². The number of amides is 2. The molecule has 0 aliphatic carbocycles. The van der Waals surface area contributed by atoms with E-state index in [4.69, 9.17) is 10.5 Å². The first-order valence-corrected chi connectivity index (χ1v) is 8.77. The lowest BCUT2D eigenvalue weighted by Gasteiger charge is -2.31. The van der Waals surface area contributed by atoms with Crippen molar-refractivity contribution in [1.82, 2.24) is 5.32 Å². The number of rotatable bonds is 5. The first-order chi connectivity index (χ1) is 13.0. The second kappa shape index (κ2) is 9.64. The van der Waals surface area contributed by atoms with Crippen LogP contribution in [-0.2, 0) is 16.1 Å². The fourth-order valence-electron chi connectivity index (χ4n) is 2.88. The van der Waals surface area contributed by atoms with Gasteiger partial charge in [-0.2, -0.15) is 0 Å². The van der Waals surface area contributed by atoms with Crippen LogP contribution in [0.2, 0.25) is 0 Å². The maximum atomic E-state index is 13.0. The molecule has 1 heterocycles. The monoisotopic (exact) mass is 407 g/mol. The first kappa shape index (κ1) is 21.8. The SMILES string of the molecule is Cl.NC1(C(=O)NCc2cccc(NC(=O)c3ccc(F)cc3)c2)CCOCC1. The molecule has 3 rings (SSSR count). The molecule has 0 bridgehead atoms. The lowest BCUT2D eigenvalue weighted by atomic mass is 9.90. The minimum Gasteiger partial charge on any atom is -0.381 e. The smallest absolute Gasteiger partial charge is 0.255 e. The summed E-state index contributed by atoms with van der Waals surface area (Å²) in [5.74, 6) is -0.933. The molecule has 1 fully saturated rings. The maximum Gasteiger partial charge on any atom is 0.255 e. The van der Waals surface area contributed by atoms with Gasteiger partial charge < -0.3 is 21.1 Å². The predicted octanol–water partition coefficient (Wildman–Crippen LogP) is 2.62. The Kier molecular flexibility index (Phi) is 7.51. The van der Waals surface area contributed by atoms with Gasteiger partial charge in [0.25, 0.3) is 5.91 Å². The lowest BCUT2D eigenvalue weighted by Crippen LogP contribution is -2.56. The summed E-state index contributed by atoms with van der Waals surface area (Å²) in [6.07, 6.45) is 0.985. The summed E-state index contributed by atoms with van der Waals surface area (Å²) >= 11 is 0. The van der Waals surface area contributed by atoms with Gasteiger partial charge in [0.1, 0.15) is 5.82 Å². The predicted molar refractivity (Wildman–Crippen MR) is 107 cm³/mol. The normalized spacial score (nSPS) is 15.2. The van der Waals surface area contributed by atoms with Crippen molar-refractivity contribution in [3.63, 3.8) is 0 Å². The van der Waals surface area contributed by atoms with Crippen molar-refractivity contribution in [2.24, 2.45) is 5.73 Å². The van der Waals surface area contributed by atoms with Crippen LogP contribution in [0.4, 0.5) is 10.1 Å². The molecule has 2 amide bonds. The van der Waals surface area contributed by atoms with Crippen LogP contribution in [0.1, 0.15) is 28.8 Å². The van der Waals surface area contributed by atoms with Crippen molar-refractivity contribution < 1.29 is 18.7 Å². The Morgan fingerprint density at radius 2 is 1.79 bits per heavy atom. The number of ether oxygens (including phenoxy) is 1. The Labute approximate surface area is 169 Å². The molecule has 0 spiro atoms. The van der Waals surface area contributed by atoms with Crippen LogP contribution in [0.25, 0.3) is 0 Å². The van der Waals surface area contributed by atoms with Crippen LogP contribution < -0.4 is 16.4 Å². The Hall–Kier alpha value is -2.48. The van der Waals surface area contributed by atoms with E-state index >= 15 is 0 Å². The molecule has 8 heteroatoms. The number of benzene rings is 2. The van der Waals surface area contributed by atoms with Crippen molar-refractivity contribution in [1.29, 1.82) is 0 Å². The molecule has 1 aliphatic rings. The highest BCUT2D eigenvalue weighted by Gasteiger charge is 2.35. The minimum atomic E-state index is -0.896. The van der Waals surface area contributed by atoms with Gasteiger partial charge in [-0.15, -0.1) is 12.4 Å². The zero-order valence-corrected chi connectivity index (χ0v) is 16.1. The molecular weight excluding hydrogens is 385 g/mol. The molecule has 1 aliphatic heterocycles. The van der Waals surface area contributed by atoms with Gasteiger partial charge >= 0.3 is 0 Å². The summed E-state index contributed by atoms with van der Waals surface area (Å²) in [4.78, 5) is 24.6. The second-order valence-corrected chi connectivity index (χ2v) is 6.61. The topological polar surface area (TPSA) is 93.5 Å². The van der Waals surface area contributed by atoms with Crippen LogP contribution in [-0.4, -0.2) is 30.6 Å². The standard InChI is InChI=1S/C20H22FN3O3.ClH/c21-16-6-4-15(5-7-16)18(25)24-17-3-1-2-14(12-17)13-23-19(26)20(22)8-10-27-11-9-20;/h1-7,12H,8-11,13,22H2,(H,23,26)(H,24,25);1H. The number of hydrogen-bond donors (Lipinski definition) is 3. The van der Waals surface area contributed by atoms with Crippen molar-refractivity contribution in [3.8, 4) is 0 Å². The zero-order valence-electron chi connectivity index (χ0n) is 15.2. The van der Waals surface area contributed by atoms with Crippen molar-refractivity contribution in [2.75, 3.05) is 18.5 Å². The highest BCUT2D eigenvalue weighted by molar-refractivity contribution is 6.04. The number of nitrogens with two attached hydrogens (primary N) is 1. The molecule has 1 saturated heterocycles. The van der Waals surface area contributed by atoms with E-state index in [9.17, 15) is 14.0 Å². The van der Waals surface area contributed by atoms with E-state index in [1.54, 1.807) is 18.2 Å². The third-order valence-corrected chi connectivity index (χ3v) is 4.58. The van der Waals surface area contributed by atoms with Crippen LogP contribution in [0.5, 0.6) is 0 Å². The van der Waals surface area contributed by atoms with E-state index in [0.29, 0.717) is 43.9 Å². The molecule has 150 valence electrons. The third-order valence-electron chi connectivity index (χ3n) is 4.58. The van der Waals surface area contributed by atoms with Gasteiger partial charge in [-0.25, -0.2) is 4.39 Å². The zero-order chi connectivity index (χ0) is 19.3. The largest absolute Gasteiger partial charge is 0.381 e. The molecule has 0 saturated carbocycles. The summed E-state index contributed by atoms with van der Waals surface area (Å²) < 4.78 is 18.2. The van der Waals surface area contributed by atoms with Crippen molar-refractivity contribution >= 4 is 29.9 Å². The third kappa shape index (κ3) is 5.51. The van der Waals surface area contributed by atoms with Crippen LogP contribution in [0.15, 0.2) is 48.5 Å². The molecule has 2 aromatic rings. The summed E-state index contributed by atoms with van der Waals surface area (Å²) in [5.41, 5.74) is 7.04. The summed E-state index contributed by atoms with van der Waals surface area (Å²) in [6, 6.07) is 12.5. The number of halogens is 2. The number of anilines is 1. The number of carbonyl (C=O) groups excluding carboxylic acids is 2. The highest BCUT2D eigenvalue weighted by atomic mass is 35.5. The van der Waals surface area contributed by atoms with Gasteiger partial charge in [-0.05, 0) is 54.8 Å². The van der Waals surface area contributed by atoms with Gasteiger partial charge in [0, 0.05) is 31.0 Å². The van der Waals surface area contributed by atoms with E-state index in [-0.39, 0.29) is 24.2 Å². The first-order valence-electron chi connectivity index (χ1n) is 8.77. The lowest BCUT2D eigenvalue weighted by molar-refractivity contribution is -0.129. The van der Waals surface area contributed by atoms with Gasteiger partial charge in [-0.3, -0.25) is 9.59 Å². The van der Waals surface area contributed by atoms with Crippen molar-refractivity contribution in [2.45, 2.75) is 24.9 Å². The Morgan fingerprint density at radius 3 is 2.46 bits per heavy atom. The van der Waals surface area contributed by atoms with Crippen LogP contribution in [0.3, 0.4) is 0 Å². The van der Waals surface area contributed by atoms with E-state index in [1.165, 1.54) is 24.3 Å². The average molecular weight is 408 g/mol. The number of nitrogens with one attached hydrogen (secondary N) is 2. The Balaban J connectivity index is 0.00000280. The fourth-order valence-corrected chi connectivity index (χ4v) is 2.88. The molecule has 2 aromatic carbocycles. The molecule has 0 atom stereocenters. The van der Waals surface area contributed by atoms with E-state index in [1.807, 2.05) is 6.07 Å². The molecule has 28 heavy (non-hydrogen) atoms. The summed E-state index contributed by atoms with van der Waals surface area (Å²) in [7, 11) is 0. The fraction of sp³-hybridized carbons (Fsp3) is 0.300. The highest BCUT2D eigenvalue weighted by Crippen LogP contribution is 2.18. The molecule has 0 radical (unpaired) electrons. The summed E-state index contributed by atoms with van der Waals surface area (Å²) in [5, 5.41) is 5.62. The Bertz CT molecular complexity index is 824. The van der Waals surface area contributed by atoms with E-state index < -0.39 is 11.4 Å². The quantitative estimate of drug-likeness (QED) is 0.710. The minimum absolute atomic E-state index is 0. The Morgan fingerprint density at radius 1 is 1.11 bits per heavy atom. The molecular formula is C20H23ClFN3O3. The average Bonchev–Trinajstić information content (AvgIpc) is 2.67. The van der Waals surface area contributed by atoms with Crippen LogP contribution >= 0.6 is 12.4 Å². The van der Waals surface area contributed by atoms with E-state index in [2.05, 4.69) is 10.6 Å². The molecule has 0 aromatic heterocycles. The maximum absolute atomic E-state index is 13.0. The number of hydrogen-bond acceptors (Lipinski definition) is 4. The van der Waals surface area contributed by atoms with Crippen molar-refractivity contribution in [3.05, 3.63) is 65.5 Å². The van der Waals surface area contributed by atoms with Gasteiger partial charge in [-0.1, -0.05) is 12.1 Å². The van der Waals surface area contributed by atoms with Gasteiger partial charge in [0.15, 0.2) is 0 Å². The molecule has 0 unspecified atom stereocenters. The van der Waals surface area contributed by atoms with Gasteiger partial charge in [0.05, 0.1) is 5.54 Å². The summed E-state index contributed by atoms with van der Waals surface area (Å²) in [6.45, 7) is 1.27.